The first-order chi connectivity index (χ1) is 20.5. The number of carbonyl (C=O) groups is 1. The number of carbonyl (C=O) groups excluding carboxylic acids is 1. The number of amidine groups is 1. The van der Waals surface area contributed by atoms with Crippen molar-refractivity contribution in [3.63, 3.8) is 0 Å². The number of hydrogen-bond acceptors (Lipinski definition) is 5. The molecule has 0 atom stereocenters. The van der Waals surface area contributed by atoms with Gasteiger partial charge in [0.05, 0.1) is 22.9 Å². The monoisotopic (exact) mass is 614 g/mol. The number of rotatable bonds is 10. The normalized spacial score (nSPS) is 14.9. The van der Waals surface area contributed by atoms with Gasteiger partial charge >= 0.3 is 0 Å². The summed E-state index contributed by atoms with van der Waals surface area (Å²) in [6, 6.07) is 28.3. The van der Waals surface area contributed by atoms with Gasteiger partial charge in [-0.3, -0.25) is 9.69 Å². The molecule has 0 spiro atoms. The van der Waals surface area contributed by atoms with Crippen molar-refractivity contribution in [1.29, 1.82) is 0 Å². The number of para-hydroxylation sites is 2. The molecule has 0 aliphatic carbocycles. The first-order valence-corrected chi connectivity index (χ1v) is 14.9. The van der Waals surface area contributed by atoms with E-state index >= 15 is 0 Å². The summed E-state index contributed by atoms with van der Waals surface area (Å²) >= 11 is 13.8. The number of amides is 1. The zero-order chi connectivity index (χ0) is 29.5. The van der Waals surface area contributed by atoms with Crippen molar-refractivity contribution < 1.29 is 14.3 Å². The molecule has 1 fully saturated rings. The van der Waals surface area contributed by atoms with Crippen molar-refractivity contribution >= 4 is 63.5 Å². The summed E-state index contributed by atoms with van der Waals surface area (Å²) in [5, 5.41) is 1.67. The van der Waals surface area contributed by atoms with Crippen LogP contribution in [0.1, 0.15) is 23.6 Å². The quantitative estimate of drug-likeness (QED) is 0.132. The Morgan fingerprint density at radius 3 is 2.36 bits per heavy atom. The minimum absolute atomic E-state index is 0.151. The number of anilines is 1. The molecule has 0 unspecified atom stereocenters. The van der Waals surface area contributed by atoms with E-state index in [0.29, 0.717) is 44.6 Å². The third-order valence-electron chi connectivity index (χ3n) is 6.30. The minimum Gasteiger partial charge on any atom is -0.490 e. The van der Waals surface area contributed by atoms with Gasteiger partial charge < -0.3 is 9.47 Å². The Morgan fingerprint density at radius 1 is 0.929 bits per heavy atom. The molecule has 1 aliphatic heterocycles. The molecule has 212 valence electrons. The second-order valence-corrected chi connectivity index (χ2v) is 11.1. The number of aliphatic imine (C=N–C) groups is 1. The van der Waals surface area contributed by atoms with Gasteiger partial charge in [-0.15, -0.1) is 6.58 Å². The Labute approximate surface area is 260 Å². The third kappa shape index (κ3) is 6.90. The Kier molecular flexibility index (Phi) is 9.70. The van der Waals surface area contributed by atoms with Crippen LogP contribution in [-0.2, 0) is 17.8 Å². The number of halogens is 2. The lowest BCUT2D eigenvalue weighted by Gasteiger charge is -2.17. The molecule has 0 saturated carbocycles. The van der Waals surface area contributed by atoms with Crippen molar-refractivity contribution in [2.75, 3.05) is 11.5 Å². The number of allylic oxidation sites excluding steroid dienone is 1. The van der Waals surface area contributed by atoms with E-state index in [1.807, 2.05) is 91.9 Å². The van der Waals surface area contributed by atoms with Gasteiger partial charge in [0, 0.05) is 21.2 Å². The molecule has 0 N–H and O–H groups in total. The molecule has 4 aromatic carbocycles. The van der Waals surface area contributed by atoms with Gasteiger partial charge in [0.2, 0.25) is 0 Å². The van der Waals surface area contributed by atoms with Gasteiger partial charge in [-0.25, -0.2) is 4.99 Å². The highest BCUT2D eigenvalue weighted by molar-refractivity contribution is 8.19. The fourth-order valence-corrected chi connectivity index (χ4v) is 5.87. The molecule has 0 radical (unpaired) electrons. The van der Waals surface area contributed by atoms with E-state index in [1.54, 1.807) is 23.1 Å². The van der Waals surface area contributed by atoms with E-state index < -0.39 is 0 Å². The molecule has 5 nitrogen and oxygen atoms in total. The molecular formula is C34H28Cl2N2O3S. The van der Waals surface area contributed by atoms with Crippen LogP contribution in [-0.4, -0.2) is 17.7 Å². The summed E-state index contributed by atoms with van der Waals surface area (Å²) in [5.41, 5.74) is 4.00. The van der Waals surface area contributed by atoms with Crippen LogP contribution < -0.4 is 14.4 Å². The standard InChI is InChI=1S/C34H28Cl2N2O3S/c1-3-11-24-18-23(19-30(40-4-2)32(24)41-22-25-16-17-26(35)21-29(25)36)20-31-33(39)38(28-14-9-6-10-15-28)34(42-31)37-27-12-7-5-8-13-27/h3,5-10,12-21H,1,4,11,22H2,2H3/b31-20+,37-34?. The number of nitrogens with zero attached hydrogens (tertiary/aromatic N) is 2. The van der Waals surface area contributed by atoms with Crippen molar-refractivity contribution in [1.82, 2.24) is 0 Å². The zero-order valence-corrected chi connectivity index (χ0v) is 25.3. The largest absolute Gasteiger partial charge is 0.490 e. The molecule has 42 heavy (non-hydrogen) atoms. The molecule has 0 aromatic heterocycles. The Morgan fingerprint density at radius 2 is 1.67 bits per heavy atom. The maximum atomic E-state index is 13.8. The molecular weight excluding hydrogens is 587 g/mol. The molecule has 4 aromatic rings. The third-order valence-corrected chi connectivity index (χ3v) is 7.86. The number of ether oxygens (including phenoxy) is 2. The van der Waals surface area contributed by atoms with Crippen LogP contribution in [0.3, 0.4) is 0 Å². The van der Waals surface area contributed by atoms with Gasteiger partial charge in [0.25, 0.3) is 5.91 Å². The maximum Gasteiger partial charge on any atom is 0.271 e. The van der Waals surface area contributed by atoms with E-state index in [-0.39, 0.29) is 12.5 Å². The lowest BCUT2D eigenvalue weighted by molar-refractivity contribution is -0.113. The Bertz CT molecular complexity index is 1660. The van der Waals surface area contributed by atoms with Crippen molar-refractivity contribution in [3.05, 3.63) is 135 Å². The molecule has 1 amide bonds. The SMILES string of the molecule is C=CCc1cc(/C=C2/SC(=Nc3ccccc3)N(c3ccccc3)C2=O)cc(OCC)c1OCc1ccc(Cl)cc1Cl. The van der Waals surface area contributed by atoms with E-state index in [1.165, 1.54) is 11.8 Å². The van der Waals surface area contributed by atoms with Crippen LogP contribution >= 0.6 is 35.0 Å². The second kappa shape index (κ2) is 13.8. The van der Waals surface area contributed by atoms with Gasteiger partial charge in [0.15, 0.2) is 16.7 Å². The summed E-state index contributed by atoms with van der Waals surface area (Å²) in [6.07, 6.45) is 4.21. The van der Waals surface area contributed by atoms with Crippen LogP contribution in [0.15, 0.2) is 114 Å². The minimum atomic E-state index is -0.151. The van der Waals surface area contributed by atoms with Crippen LogP contribution in [0.4, 0.5) is 11.4 Å². The van der Waals surface area contributed by atoms with Crippen LogP contribution in [0.2, 0.25) is 10.0 Å². The molecule has 5 rings (SSSR count). The van der Waals surface area contributed by atoms with Crippen LogP contribution in [0.25, 0.3) is 6.08 Å². The van der Waals surface area contributed by atoms with Crippen molar-refractivity contribution in [2.45, 2.75) is 20.0 Å². The van der Waals surface area contributed by atoms with E-state index in [2.05, 4.69) is 6.58 Å². The average molecular weight is 616 g/mol. The van der Waals surface area contributed by atoms with Crippen molar-refractivity contribution in [2.24, 2.45) is 4.99 Å². The molecule has 1 heterocycles. The molecule has 1 saturated heterocycles. The average Bonchev–Trinajstić information content (AvgIpc) is 3.28. The fourth-order valence-electron chi connectivity index (χ4n) is 4.41. The highest BCUT2D eigenvalue weighted by Crippen LogP contribution is 2.40. The predicted octanol–water partition coefficient (Wildman–Crippen LogP) is 9.51. The first-order valence-electron chi connectivity index (χ1n) is 13.4. The van der Waals surface area contributed by atoms with Crippen molar-refractivity contribution in [3.8, 4) is 11.5 Å². The fraction of sp³-hybridized carbons (Fsp3) is 0.118. The van der Waals surface area contributed by atoms with E-state index in [4.69, 9.17) is 37.7 Å². The Hall–Kier alpha value is -3.97. The lowest BCUT2D eigenvalue weighted by atomic mass is 10.0. The molecule has 0 bridgehead atoms. The zero-order valence-electron chi connectivity index (χ0n) is 22.9. The summed E-state index contributed by atoms with van der Waals surface area (Å²) in [6.45, 7) is 6.52. The number of hydrogen-bond donors (Lipinski definition) is 0. The topological polar surface area (TPSA) is 51.1 Å². The smallest absolute Gasteiger partial charge is 0.271 e. The van der Waals surface area contributed by atoms with E-state index in [0.717, 1.165) is 28.1 Å². The van der Waals surface area contributed by atoms with Crippen LogP contribution in [0.5, 0.6) is 11.5 Å². The highest BCUT2D eigenvalue weighted by Gasteiger charge is 2.34. The summed E-state index contributed by atoms with van der Waals surface area (Å²) in [5.74, 6) is 1.02. The first kappa shape index (κ1) is 29.5. The molecule has 8 heteroatoms. The van der Waals surface area contributed by atoms with Gasteiger partial charge in [0.1, 0.15) is 6.61 Å². The predicted molar refractivity (Wildman–Crippen MR) is 175 cm³/mol. The highest BCUT2D eigenvalue weighted by atomic mass is 35.5. The number of benzene rings is 4. The van der Waals surface area contributed by atoms with Gasteiger partial charge in [-0.05, 0) is 85.3 Å². The van der Waals surface area contributed by atoms with Gasteiger partial charge in [-0.1, -0.05) is 71.7 Å². The Balaban J connectivity index is 1.52. The lowest BCUT2D eigenvalue weighted by Crippen LogP contribution is -2.28. The summed E-state index contributed by atoms with van der Waals surface area (Å²) in [7, 11) is 0. The maximum absolute atomic E-state index is 13.8. The molecule has 1 aliphatic rings. The van der Waals surface area contributed by atoms with E-state index in [9.17, 15) is 4.79 Å². The van der Waals surface area contributed by atoms with Crippen LogP contribution in [0, 0.1) is 0 Å². The summed E-state index contributed by atoms with van der Waals surface area (Å²) < 4.78 is 12.3. The van der Waals surface area contributed by atoms with Gasteiger partial charge in [-0.2, -0.15) is 0 Å². The second-order valence-electron chi connectivity index (χ2n) is 9.27. The summed E-state index contributed by atoms with van der Waals surface area (Å²) in [4.78, 5) is 20.8. The number of thioether (sulfide) groups is 1.